The minimum atomic E-state index is -0.274. The SMILES string of the molecule is OC1CCn2nc(-c3ccc(Br)cc3)nc2C1. The second kappa shape index (κ2) is 4.23. The maximum absolute atomic E-state index is 9.58. The van der Waals surface area contributed by atoms with Gasteiger partial charge in [0.2, 0.25) is 0 Å². The fourth-order valence-corrected chi connectivity index (χ4v) is 2.27. The summed E-state index contributed by atoms with van der Waals surface area (Å²) in [5.41, 5.74) is 1.00. The van der Waals surface area contributed by atoms with Crippen LogP contribution < -0.4 is 0 Å². The van der Waals surface area contributed by atoms with Gasteiger partial charge < -0.3 is 5.11 Å². The molecule has 4 nitrogen and oxygen atoms in total. The van der Waals surface area contributed by atoms with Crippen molar-refractivity contribution in [3.63, 3.8) is 0 Å². The summed E-state index contributed by atoms with van der Waals surface area (Å²) in [5, 5.41) is 14.0. The highest BCUT2D eigenvalue weighted by molar-refractivity contribution is 9.10. The third-order valence-corrected chi connectivity index (χ3v) is 3.47. The zero-order chi connectivity index (χ0) is 11.8. The van der Waals surface area contributed by atoms with E-state index in [1.165, 1.54) is 0 Å². The number of rotatable bonds is 1. The molecule has 2 aromatic rings. The van der Waals surface area contributed by atoms with Crippen LogP contribution >= 0.6 is 15.9 Å². The number of aromatic nitrogens is 3. The number of aryl methyl sites for hydroxylation is 1. The predicted molar refractivity (Wildman–Crippen MR) is 67.5 cm³/mol. The van der Waals surface area contributed by atoms with Gasteiger partial charge in [0.05, 0.1) is 6.10 Å². The van der Waals surface area contributed by atoms with Gasteiger partial charge in [0, 0.05) is 23.0 Å². The lowest BCUT2D eigenvalue weighted by Gasteiger charge is -2.16. The number of fused-ring (bicyclic) bond motifs is 1. The molecule has 0 saturated carbocycles. The molecule has 1 aromatic carbocycles. The van der Waals surface area contributed by atoms with Crippen LogP contribution in [0.2, 0.25) is 0 Å². The van der Waals surface area contributed by atoms with Gasteiger partial charge >= 0.3 is 0 Å². The molecule has 5 heteroatoms. The molecule has 0 radical (unpaired) electrons. The quantitative estimate of drug-likeness (QED) is 0.875. The van der Waals surface area contributed by atoms with Crippen molar-refractivity contribution in [3.8, 4) is 11.4 Å². The van der Waals surface area contributed by atoms with E-state index < -0.39 is 0 Å². The van der Waals surface area contributed by atoms with Crippen molar-refractivity contribution in [1.82, 2.24) is 14.8 Å². The van der Waals surface area contributed by atoms with Gasteiger partial charge in [-0.05, 0) is 18.6 Å². The highest BCUT2D eigenvalue weighted by Crippen LogP contribution is 2.21. The van der Waals surface area contributed by atoms with E-state index in [0.29, 0.717) is 6.42 Å². The number of halogens is 1. The summed E-state index contributed by atoms with van der Waals surface area (Å²) in [5.74, 6) is 1.61. The van der Waals surface area contributed by atoms with Crippen LogP contribution in [-0.4, -0.2) is 26.0 Å². The van der Waals surface area contributed by atoms with Crippen LogP contribution in [0.5, 0.6) is 0 Å². The molecule has 1 N–H and O–H groups in total. The van der Waals surface area contributed by atoms with Crippen molar-refractivity contribution in [2.75, 3.05) is 0 Å². The zero-order valence-electron chi connectivity index (χ0n) is 9.17. The number of aliphatic hydroxyl groups excluding tert-OH is 1. The van der Waals surface area contributed by atoms with Crippen LogP contribution in [-0.2, 0) is 13.0 Å². The van der Waals surface area contributed by atoms with Crippen molar-refractivity contribution < 1.29 is 5.11 Å². The van der Waals surface area contributed by atoms with Crippen molar-refractivity contribution >= 4 is 15.9 Å². The molecular weight excluding hydrogens is 282 g/mol. The Morgan fingerprint density at radius 3 is 2.82 bits per heavy atom. The lowest BCUT2D eigenvalue weighted by atomic mass is 10.1. The van der Waals surface area contributed by atoms with Crippen molar-refractivity contribution in [3.05, 3.63) is 34.6 Å². The van der Waals surface area contributed by atoms with Crippen LogP contribution in [0.3, 0.4) is 0 Å². The van der Waals surface area contributed by atoms with Crippen molar-refractivity contribution in [1.29, 1.82) is 0 Å². The summed E-state index contributed by atoms with van der Waals surface area (Å²) in [7, 11) is 0. The Bertz CT molecular complexity index is 535. The summed E-state index contributed by atoms with van der Waals surface area (Å²) in [4.78, 5) is 4.48. The first-order chi connectivity index (χ1) is 8.22. The third kappa shape index (κ3) is 2.12. The Balaban J connectivity index is 1.97. The Morgan fingerprint density at radius 1 is 1.29 bits per heavy atom. The van der Waals surface area contributed by atoms with E-state index in [-0.39, 0.29) is 6.10 Å². The molecule has 0 spiro atoms. The molecule has 0 saturated heterocycles. The zero-order valence-corrected chi connectivity index (χ0v) is 10.8. The van der Waals surface area contributed by atoms with Gasteiger partial charge in [0.25, 0.3) is 0 Å². The standard InChI is InChI=1S/C12H12BrN3O/c13-9-3-1-8(2-4-9)12-14-11-7-10(17)5-6-16(11)15-12/h1-4,10,17H,5-7H2. The minimum absolute atomic E-state index is 0.274. The lowest BCUT2D eigenvalue weighted by Crippen LogP contribution is -2.23. The fourth-order valence-electron chi connectivity index (χ4n) is 2.01. The first-order valence-electron chi connectivity index (χ1n) is 5.60. The van der Waals surface area contributed by atoms with Gasteiger partial charge in [0.15, 0.2) is 5.82 Å². The van der Waals surface area contributed by atoms with E-state index in [1.807, 2.05) is 28.9 Å². The number of aliphatic hydroxyl groups is 1. The smallest absolute Gasteiger partial charge is 0.181 e. The predicted octanol–water partition coefficient (Wildman–Crippen LogP) is 2.01. The van der Waals surface area contributed by atoms with E-state index in [0.717, 1.165) is 34.7 Å². The molecule has 2 heterocycles. The maximum Gasteiger partial charge on any atom is 0.181 e. The van der Waals surface area contributed by atoms with Gasteiger partial charge in [-0.3, -0.25) is 0 Å². The summed E-state index contributed by atoms with van der Waals surface area (Å²) in [6.07, 6.45) is 1.09. The topological polar surface area (TPSA) is 50.9 Å². The van der Waals surface area contributed by atoms with Crippen LogP contribution in [0.15, 0.2) is 28.7 Å². The van der Waals surface area contributed by atoms with Gasteiger partial charge in [0.1, 0.15) is 5.82 Å². The first-order valence-corrected chi connectivity index (χ1v) is 6.39. The molecule has 1 unspecified atom stereocenters. The van der Waals surface area contributed by atoms with E-state index >= 15 is 0 Å². The number of hydrogen-bond acceptors (Lipinski definition) is 3. The fraction of sp³-hybridized carbons (Fsp3) is 0.333. The van der Waals surface area contributed by atoms with E-state index in [9.17, 15) is 5.11 Å². The Morgan fingerprint density at radius 2 is 2.06 bits per heavy atom. The van der Waals surface area contributed by atoms with E-state index in [2.05, 4.69) is 26.0 Å². The summed E-state index contributed by atoms with van der Waals surface area (Å²) in [6, 6.07) is 7.93. The normalized spacial score (nSPS) is 19.1. The average Bonchev–Trinajstić information content (AvgIpc) is 2.72. The summed E-state index contributed by atoms with van der Waals surface area (Å²) < 4.78 is 2.94. The molecule has 1 aromatic heterocycles. The molecule has 0 aliphatic carbocycles. The molecule has 3 rings (SSSR count). The van der Waals surface area contributed by atoms with Crippen molar-refractivity contribution in [2.45, 2.75) is 25.5 Å². The Kier molecular flexibility index (Phi) is 2.72. The molecule has 1 atom stereocenters. The second-order valence-corrected chi connectivity index (χ2v) is 5.14. The van der Waals surface area contributed by atoms with Crippen LogP contribution in [0.4, 0.5) is 0 Å². The largest absolute Gasteiger partial charge is 0.393 e. The average molecular weight is 294 g/mol. The highest BCUT2D eigenvalue weighted by Gasteiger charge is 2.20. The minimum Gasteiger partial charge on any atom is -0.393 e. The van der Waals surface area contributed by atoms with E-state index in [4.69, 9.17) is 0 Å². The molecule has 0 amide bonds. The third-order valence-electron chi connectivity index (χ3n) is 2.94. The van der Waals surface area contributed by atoms with Gasteiger partial charge in [-0.25, -0.2) is 9.67 Å². The number of hydrogen-bond donors (Lipinski definition) is 1. The van der Waals surface area contributed by atoms with Gasteiger partial charge in [-0.15, -0.1) is 0 Å². The first kappa shape index (κ1) is 10.9. The Hall–Kier alpha value is -1.20. The lowest BCUT2D eigenvalue weighted by molar-refractivity contribution is 0.138. The monoisotopic (exact) mass is 293 g/mol. The van der Waals surface area contributed by atoms with Crippen molar-refractivity contribution in [2.24, 2.45) is 0 Å². The molecule has 0 fully saturated rings. The molecule has 0 bridgehead atoms. The molecule has 1 aliphatic rings. The van der Waals surface area contributed by atoms with E-state index in [1.54, 1.807) is 0 Å². The van der Waals surface area contributed by atoms with Crippen LogP contribution in [0.25, 0.3) is 11.4 Å². The second-order valence-electron chi connectivity index (χ2n) is 4.23. The van der Waals surface area contributed by atoms with Gasteiger partial charge in [-0.2, -0.15) is 5.10 Å². The Labute approximate surface area is 107 Å². The summed E-state index contributed by atoms with van der Waals surface area (Å²) >= 11 is 3.40. The molecule has 17 heavy (non-hydrogen) atoms. The molecule has 88 valence electrons. The highest BCUT2D eigenvalue weighted by atomic mass is 79.9. The summed E-state index contributed by atoms with van der Waals surface area (Å²) in [6.45, 7) is 0.750. The number of benzene rings is 1. The molecule has 1 aliphatic heterocycles. The maximum atomic E-state index is 9.58. The number of nitrogens with zero attached hydrogens (tertiary/aromatic N) is 3. The van der Waals surface area contributed by atoms with Crippen LogP contribution in [0, 0.1) is 0 Å². The van der Waals surface area contributed by atoms with Crippen LogP contribution in [0.1, 0.15) is 12.2 Å². The van der Waals surface area contributed by atoms with Gasteiger partial charge in [-0.1, -0.05) is 28.1 Å². The molecular formula is C12H12BrN3O.